The van der Waals surface area contributed by atoms with Crippen molar-refractivity contribution in [3.05, 3.63) is 11.6 Å². The van der Waals surface area contributed by atoms with Crippen LogP contribution in [0.2, 0.25) is 0 Å². The number of allylic oxidation sites excluding steroid dienone is 1. The molecule has 0 aromatic carbocycles. The Morgan fingerprint density at radius 2 is 2.00 bits per heavy atom. The average Bonchev–Trinajstić information content (AvgIpc) is 1.65. The summed E-state index contributed by atoms with van der Waals surface area (Å²) >= 11 is 0. The third kappa shape index (κ3) is 4.00. The van der Waals surface area contributed by atoms with E-state index in [2.05, 4.69) is 0 Å². The van der Waals surface area contributed by atoms with Crippen LogP contribution in [-0.4, -0.2) is 11.1 Å². The minimum Gasteiger partial charge on any atom is -0.478 e. The summed E-state index contributed by atoms with van der Waals surface area (Å²) in [7, 11) is 0. The van der Waals surface area contributed by atoms with Gasteiger partial charge >= 0.3 is 5.97 Å². The van der Waals surface area contributed by atoms with Gasteiger partial charge in [-0.05, 0) is 13.8 Å². The van der Waals surface area contributed by atoms with Crippen molar-refractivity contribution < 1.29 is 29.4 Å². The number of carbonyl (C=O) groups is 1. The van der Waals surface area contributed by atoms with Crippen LogP contribution in [0.4, 0.5) is 0 Å². The summed E-state index contributed by atoms with van der Waals surface area (Å²) in [4.78, 5) is 9.86. The van der Waals surface area contributed by atoms with Crippen molar-refractivity contribution in [1.29, 1.82) is 0 Å². The predicted octanol–water partition coefficient (Wildman–Crippen LogP) is 1.03. The van der Waals surface area contributed by atoms with Gasteiger partial charge in [0.1, 0.15) is 0 Å². The molecule has 0 fully saturated rings. The molecule has 0 saturated heterocycles. The standard InChI is InChI=1S/C5H8O2.Zn/c1-3-4(2)5(6)7;/h3H,1-2H3,(H,6,7);. The fourth-order valence-corrected chi connectivity index (χ4v) is 0.123. The number of hydrogen-bond acceptors (Lipinski definition) is 1. The zero-order valence-corrected chi connectivity index (χ0v) is 8.11. The molecule has 0 amide bonds. The summed E-state index contributed by atoms with van der Waals surface area (Å²) < 4.78 is 0. The molecule has 3 heteroatoms. The van der Waals surface area contributed by atoms with Gasteiger partial charge in [-0.1, -0.05) is 6.08 Å². The topological polar surface area (TPSA) is 37.3 Å². The summed E-state index contributed by atoms with van der Waals surface area (Å²) in [5.41, 5.74) is 0.389. The minimum absolute atomic E-state index is 0. The predicted molar refractivity (Wildman–Crippen MR) is 27.1 cm³/mol. The summed E-state index contributed by atoms with van der Waals surface area (Å²) in [6.45, 7) is 3.26. The van der Waals surface area contributed by atoms with E-state index < -0.39 is 5.97 Å². The zero-order chi connectivity index (χ0) is 5.86. The van der Waals surface area contributed by atoms with Gasteiger partial charge in [-0.15, -0.1) is 0 Å². The molecule has 0 aromatic rings. The molecule has 0 spiro atoms. The van der Waals surface area contributed by atoms with Gasteiger partial charge in [-0.25, -0.2) is 4.79 Å². The van der Waals surface area contributed by atoms with Crippen LogP contribution in [-0.2, 0) is 24.3 Å². The number of aliphatic carboxylic acids is 1. The molecular formula is C5H8O2Zn. The van der Waals surface area contributed by atoms with Crippen molar-refractivity contribution in [2.24, 2.45) is 0 Å². The van der Waals surface area contributed by atoms with E-state index in [9.17, 15) is 4.79 Å². The van der Waals surface area contributed by atoms with Crippen molar-refractivity contribution in [3.63, 3.8) is 0 Å². The van der Waals surface area contributed by atoms with E-state index in [0.29, 0.717) is 5.57 Å². The molecular weight excluding hydrogens is 157 g/mol. The smallest absolute Gasteiger partial charge is 0.330 e. The van der Waals surface area contributed by atoms with Crippen LogP contribution in [0.15, 0.2) is 11.6 Å². The van der Waals surface area contributed by atoms with E-state index in [-0.39, 0.29) is 19.5 Å². The fourth-order valence-electron chi connectivity index (χ4n) is 0.123. The molecule has 0 unspecified atom stereocenters. The van der Waals surface area contributed by atoms with Crippen LogP contribution in [0.3, 0.4) is 0 Å². The molecule has 2 nitrogen and oxygen atoms in total. The molecule has 0 saturated carbocycles. The molecule has 0 rings (SSSR count). The van der Waals surface area contributed by atoms with Crippen LogP contribution >= 0.6 is 0 Å². The number of carboxylic acid groups (broad SMARTS) is 1. The quantitative estimate of drug-likeness (QED) is 0.466. The first-order valence-electron chi connectivity index (χ1n) is 2.04. The van der Waals surface area contributed by atoms with Gasteiger partial charge in [0.25, 0.3) is 0 Å². The maximum Gasteiger partial charge on any atom is 0.330 e. The first kappa shape index (κ1) is 10.7. The average molecular weight is 166 g/mol. The van der Waals surface area contributed by atoms with Crippen molar-refractivity contribution in [2.75, 3.05) is 0 Å². The SMILES string of the molecule is CC=C(C)C(=O)O.[Zn]. The fraction of sp³-hybridized carbons (Fsp3) is 0.400. The van der Waals surface area contributed by atoms with Crippen molar-refractivity contribution >= 4 is 5.97 Å². The molecule has 8 heavy (non-hydrogen) atoms. The van der Waals surface area contributed by atoms with Crippen LogP contribution in [0.25, 0.3) is 0 Å². The third-order valence-electron chi connectivity index (χ3n) is 0.770. The van der Waals surface area contributed by atoms with Gasteiger partial charge in [-0.2, -0.15) is 0 Å². The van der Waals surface area contributed by atoms with Crippen molar-refractivity contribution in [3.8, 4) is 0 Å². The van der Waals surface area contributed by atoms with E-state index in [1.165, 1.54) is 0 Å². The van der Waals surface area contributed by atoms with Crippen LogP contribution < -0.4 is 0 Å². The second-order valence-electron chi connectivity index (χ2n) is 1.28. The maximum absolute atomic E-state index is 9.86. The molecule has 0 radical (unpaired) electrons. The Morgan fingerprint density at radius 3 is 2.00 bits per heavy atom. The van der Waals surface area contributed by atoms with Gasteiger partial charge in [0.2, 0.25) is 0 Å². The Hall–Kier alpha value is -0.167. The Labute approximate surface area is 61.3 Å². The summed E-state index contributed by atoms with van der Waals surface area (Å²) in [6, 6.07) is 0. The van der Waals surface area contributed by atoms with E-state index in [1.54, 1.807) is 19.9 Å². The largest absolute Gasteiger partial charge is 0.478 e. The maximum atomic E-state index is 9.86. The van der Waals surface area contributed by atoms with Gasteiger partial charge < -0.3 is 5.11 Å². The first-order valence-corrected chi connectivity index (χ1v) is 2.04. The van der Waals surface area contributed by atoms with Crippen LogP contribution in [0, 0.1) is 0 Å². The van der Waals surface area contributed by atoms with Crippen LogP contribution in [0.1, 0.15) is 13.8 Å². The zero-order valence-electron chi connectivity index (χ0n) is 5.14. The summed E-state index contributed by atoms with van der Waals surface area (Å²) in [5, 5.41) is 8.11. The second-order valence-corrected chi connectivity index (χ2v) is 1.28. The molecule has 1 N–H and O–H groups in total. The molecule has 0 aliphatic rings. The third-order valence-corrected chi connectivity index (χ3v) is 0.770. The normalized spacial score (nSPS) is 10.0. The van der Waals surface area contributed by atoms with E-state index in [1.807, 2.05) is 0 Å². The number of carboxylic acids is 1. The van der Waals surface area contributed by atoms with Gasteiger partial charge in [0.15, 0.2) is 0 Å². The van der Waals surface area contributed by atoms with E-state index >= 15 is 0 Å². The molecule has 0 bridgehead atoms. The molecule has 0 aromatic heterocycles. The van der Waals surface area contributed by atoms with Gasteiger partial charge in [0.05, 0.1) is 0 Å². The van der Waals surface area contributed by atoms with Gasteiger partial charge in [0, 0.05) is 25.1 Å². The molecule has 42 valence electrons. The first-order chi connectivity index (χ1) is 3.18. The second kappa shape index (κ2) is 4.98. The van der Waals surface area contributed by atoms with Crippen molar-refractivity contribution in [1.82, 2.24) is 0 Å². The monoisotopic (exact) mass is 164 g/mol. The van der Waals surface area contributed by atoms with Crippen LogP contribution in [0.5, 0.6) is 0 Å². The van der Waals surface area contributed by atoms with E-state index in [0.717, 1.165) is 0 Å². The Bertz CT molecular complexity index is 107. The molecule has 0 aliphatic carbocycles. The summed E-state index contributed by atoms with van der Waals surface area (Å²) in [6.07, 6.45) is 1.56. The number of hydrogen-bond donors (Lipinski definition) is 1. The molecule has 0 aliphatic heterocycles. The minimum atomic E-state index is -0.845. The molecule has 0 atom stereocenters. The van der Waals surface area contributed by atoms with Crippen molar-refractivity contribution in [2.45, 2.75) is 13.8 Å². The Balaban J connectivity index is 0. The summed E-state index contributed by atoms with van der Waals surface area (Å²) in [5.74, 6) is -0.845. The van der Waals surface area contributed by atoms with E-state index in [4.69, 9.17) is 5.11 Å². The Morgan fingerprint density at radius 1 is 1.62 bits per heavy atom. The van der Waals surface area contributed by atoms with Gasteiger partial charge in [-0.3, -0.25) is 0 Å². The Kier molecular flexibility index (Phi) is 6.69. The molecule has 0 heterocycles. The number of rotatable bonds is 1.